The minimum atomic E-state index is -2.15. The van der Waals surface area contributed by atoms with E-state index in [0.717, 1.165) is 6.42 Å². The Kier molecular flexibility index (Phi) is 56.9. The average Bonchev–Trinajstić information content (AvgIpc) is 3.19. The molecule has 0 aromatic heterocycles. The molecule has 0 N–H and O–H groups in total. The van der Waals surface area contributed by atoms with Gasteiger partial charge in [-0.25, -0.2) is 17.6 Å². The molecule has 2 unspecified atom stereocenters. The van der Waals surface area contributed by atoms with Gasteiger partial charge in [-0.1, -0.05) is 201 Å². The van der Waals surface area contributed by atoms with Crippen LogP contribution < -0.4 is 0 Å². The van der Waals surface area contributed by atoms with E-state index < -0.39 is 37.5 Å². The van der Waals surface area contributed by atoms with Crippen molar-refractivity contribution in [1.82, 2.24) is 0 Å². The fraction of sp³-hybridized carbons (Fsp3) is 1.00. The molecule has 0 aliphatic heterocycles. The van der Waals surface area contributed by atoms with Crippen molar-refractivity contribution in [3.8, 4) is 0 Å². The highest BCUT2D eigenvalue weighted by molar-refractivity contribution is 4.82. The molecule has 74 heavy (non-hydrogen) atoms. The Morgan fingerprint density at radius 2 is 0.595 bits per heavy atom. The first-order valence-electron chi connectivity index (χ1n) is 29.8. The number of hydrogen-bond acceptors (Lipinski definition) is 0. The first-order chi connectivity index (χ1) is 33.4. The Balaban J connectivity index is -0.000000142. The minimum absolute atomic E-state index is 0.0509. The van der Waals surface area contributed by atoms with Crippen molar-refractivity contribution in [2.24, 2.45) is 136 Å². The van der Waals surface area contributed by atoms with Crippen molar-refractivity contribution >= 4 is 0 Å². The zero-order valence-electron chi connectivity index (χ0n) is 55.3. The molecule has 0 saturated carbocycles. The van der Waals surface area contributed by atoms with E-state index in [1.54, 1.807) is 20.8 Å². The molecule has 0 rings (SSSR count). The lowest BCUT2D eigenvalue weighted by Gasteiger charge is -2.33. The molecular weight excluding hydrogens is 952 g/mol. The van der Waals surface area contributed by atoms with E-state index in [4.69, 9.17) is 0 Å². The molecule has 0 aliphatic carbocycles. The van der Waals surface area contributed by atoms with Crippen LogP contribution in [0.5, 0.6) is 0 Å². The number of alkyl halides is 9. The summed E-state index contributed by atoms with van der Waals surface area (Å²) in [5.41, 5.74) is -1.04. The van der Waals surface area contributed by atoms with Crippen LogP contribution in [0.1, 0.15) is 234 Å². The van der Waals surface area contributed by atoms with Crippen molar-refractivity contribution in [2.45, 2.75) is 253 Å². The maximum atomic E-state index is 13.6. The Labute approximate surface area is 460 Å². The van der Waals surface area contributed by atoms with Crippen LogP contribution in [0, 0.1) is 136 Å². The monoisotopic (exact) mass is 1090 g/mol. The molecule has 0 heterocycles. The van der Waals surface area contributed by atoms with Crippen LogP contribution >= 0.6 is 0 Å². The van der Waals surface area contributed by atoms with Gasteiger partial charge in [-0.3, -0.25) is 22.0 Å². The van der Waals surface area contributed by atoms with E-state index in [2.05, 4.69) is 138 Å². The first-order valence-corrected chi connectivity index (χ1v) is 29.8. The maximum absolute atomic E-state index is 13.6. The molecular formula is C65H135F9. The van der Waals surface area contributed by atoms with Gasteiger partial charge in [0, 0.05) is 12.3 Å². The van der Waals surface area contributed by atoms with E-state index in [-0.39, 0.29) is 62.0 Å². The molecule has 2 atom stereocenters. The van der Waals surface area contributed by atoms with E-state index in [1.165, 1.54) is 0 Å². The third-order valence-electron chi connectivity index (χ3n) is 15.4. The standard InChI is InChI=1S/C10H20F2.2C10H21F.C9H18F2.2C9H19F.C8H17F/c1-7(2)10(8(3)4)9(5-11)6-12;1-7(2)9(8(3)4)10(5,6)11;1-7(2)10(8(3)4)9(5)6-11;1-6(2)8(7(3)4)5-9(10)11;1-7(2)9(5-6-10)8(3)4;1-6(2)9(7(3)4)8(5)10;1-6(2)8(5-9)7(3)4/h7-10H,5-6H2,1-4H3;7-9H,1-6H3;7-10H,6H2,1-5H3;6-9H,5H2,1-4H3;7-9H,5-6H2,1-4H3;6-9H,1-5H3;6-8H,5H2,1-4H3. The third kappa shape index (κ3) is 45.3. The fourth-order valence-electron chi connectivity index (χ4n) is 12.7. The van der Waals surface area contributed by atoms with Crippen LogP contribution in [0.2, 0.25) is 0 Å². The summed E-state index contributed by atoms with van der Waals surface area (Å²) in [4.78, 5) is 0. The number of rotatable bonds is 26. The van der Waals surface area contributed by atoms with Gasteiger partial charge in [-0.2, -0.15) is 0 Å². The van der Waals surface area contributed by atoms with Crippen LogP contribution in [-0.4, -0.2) is 51.6 Å². The van der Waals surface area contributed by atoms with Gasteiger partial charge in [-0.15, -0.1) is 0 Å². The van der Waals surface area contributed by atoms with Gasteiger partial charge in [0.25, 0.3) is 0 Å². The third-order valence-corrected chi connectivity index (χ3v) is 15.4. The quantitative estimate of drug-likeness (QED) is 0.0758. The molecule has 9 heteroatoms. The van der Waals surface area contributed by atoms with Gasteiger partial charge in [0.2, 0.25) is 6.43 Å². The highest BCUT2D eigenvalue weighted by Gasteiger charge is 2.34. The molecule has 0 fully saturated rings. The molecule has 0 spiro atoms. The topological polar surface area (TPSA) is 0 Å². The summed E-state index contributed by atoms with van der Waals surface area (Å²) in [5.74, 6) is 8.51. The van der Waals surface area contributed by atoms with E-state index in [9.17, 15) is 39.5 Å². The number of halogens is 9. The molecule has 0 aromatic carbocycles. The molecule has 0 bridgehead atoms. The summed E-state index contributed by atoms with van der Waals surface area (Å²) in [6.45, 7) is 64.0. The lowest BCUT2D eigenvalue weighted by molar-refractivity contribution is 0.0561. The average molecular weight is 1090 g/mol. The van der Waals surface area contributed by atoms with E-state index >= 15 is 0 Å². The summed E-state index contributed by atoms with van der Waals surface area (Å²) in [7, 11) is 0. The fourth-order valence-corrected chi connectivity index (χ4v) is 12.7. The Bertz CT molecular complexity index is 1060. The summed E-state index contributed by atoms with van der Waals surface area (Å²) >= 11 is 0. The van der Waals surface area contributed by atoms with E-state index in [1.807, 2.05) is 62.3 Å². The minimum Gasteiger partial charge on any atom is -0.251 e. The Morgan fingerprint density at radius 3 is 0.649 bits per heavy atom. The second kappa shape index (κ2) is 48.3. The Morgan fingerprint density at radius 1 is 0.311 bits per heavy atom. The summed E-state index contributed by atoms with van der Waals surface area (Å²) in [6.07, 6.45) is -2.03. The largest absolute Gasteiger partial charge is 0.251 e. The molecule has 0 nitrogen and oxygen atoms in total. The Hall–Kier alpha value is -0.630. The second-order valence-electron chi connectivity index (χ2n) is 27.4. The van der Waals surface area contributed by atoms with Gasteiger partial charge in [0.15, 0.2) is 0 Å². The smallest absolute Gasteiger partial charge is 0.238 e. The molecule has 0 radical (unpaired) electrons. The SMILES string of the molecule is CC(C)C(C(C)C)C(C)(C)F.CC(C)C(C(C)C)C(C)CF.CC(C)C(C(C)C)C(C)F.CC(C)C(C(C)C)C(CF)CF.CC(C)C(CC(F)F)C(C)C.CC(C)C(CCF)C(C)C.CC(C)C(CF)C(C)C. The molecule has 0 aromatic rings. The van der Waals surface area contributed by atoms with E-state index in [0.29, 0.717) is 94.7 Å². The van der Waals surface area contributed by atoms with Crippen molar-refractivity contribution in [3.63, 3.8) is 0 Å². The molecule has 458 valence electrons. The summed E-state index contributed by atoms with van der Waals surface area (Å²) in [6, 6.07) is 0. The highest BCUT2D eigenvalue weighted by atomic mass is 19.3. The van der Waals surface area contributed by atoms with Gasteiger partial charge >= 0.3 is 0 Å². The summed E-state index contributed by atoms with van der Waals surface area (Å²) < 4.78 is 112. The van der Waals surface area contributed by atoms with Crippen LogP contribution in [-0.2, 0) is 0 Å². The van der Waals surface area contributed by atoms with Gasteiger partial charge in [0.05, 0.1) is 33.4 Å². The van der Waals surface area contributed by atoms with Crippen LogP contribution in [0.25, 0.3) is 0 Å². The van der Waals surface area contributed by atoms with Crippen LogP contribution in [0.15, 0.2) is 0 Å². The zero-order chi connectivity index (χ0) is 60.9. The lowest BCUT2D eigenvalue weighted by atomic mass is 9.76. The molecule has 0 amide bonds. The summed E-state index contributed by atoms with van der Waals surface area (Å²) in [5, 5.41) is 0. The molecule has 0 aliphatic rings. The second-order valence-corrected chi connectivity index (χ2v) is 27.4. The highest BCUT2D eigenvalue weighted by Crippen LogP contribution is 2.35. The maximum Gasteiger partial charge on any atom is 0.238 e. The number of hydrogen-bond donors (Lipinski definition) is 0. The normalized spacial score (nSPS) is 13.3. The van der Waals surface area contributed by atoms with Crippen molar-refractivity contribution < 1.29 is 39.5 Å². The van der Waals surface area contributed by atoms with Gasteiger partial charge in [0.1, 0.15) is 11.8 Å². The van der Waals surface area contributed by atoms with Crippen LogP contribution in [0.4, 0.5) is 39.5 Å². The van der Waals surface area contributed by atoms with Crippen molar-refractivity contribution in [3.05, 3.63) is 0 Å². The van der Waals surface area contributed by atoms with Gasteiger partial charge in [-0.05, 0) is 157 Å². The lowest BCUT2D eigenvalue weighted by Crippen LogP contribution is -2.34. The van der Waals surface area contributed by atoms with Gasteiger partial charge < -0.3 is 0 Å². The first kappa shape index (κ1) is 87.2. The van der Waals surface area contributed by atoms with Crippen LogP contribution in [0.3, 0.4) is 0 Å². The van der Waals surface area contributed by atoms with Crippen molar-refractivity contribution in [1.29, 1.82) is 0 Å². The van der Waals surface area contributed by atoms with Crippen molar-refractivity contribution in [2.75, 3.05) is 33.4 Å². The molecule has 0 saturated heterocycles. The predicted octanol–water partition coefficient (Wildman–Crippen LogP) is 23.7. The predicted molar refractivity (Wildman–Crippen MR) is 316 cm³/mol. The zero-order valence-corrected chi connectivity index (χ0v) is 55.3.